The van der Waals surface area contributed by atoms with E-state index in [9.17, 15) is 23.2 Å². The number of amides is 2. The summed E-state index contributed by atoms with van der Waals surface area (Å²) in [5.74, 6) is -2.30. The zero-order valence-corrected chi connectivity index (χ0v) is 18.8. The minimum absolute atomic E-state index is 0.0241. The number of anilines is 2. The molecule has 174 valence electrons. The second-order valence-corrected chi connectivity index (χ2v) is 8.60. The molecule has 7 nitrogen and oxygen atoms in total. The zero-order chi connectivity index (χ0) is 24.1. The maximum atomic E-state index is 13.9. The van der Waals surface area contributed by atoms with E-state index in [4.69, 9.17) is 0 Å². The van der Waals surface area contributed by atoms with Crippen LogP contribution in [0.4, 0.5) is 20.2 Å². The fraction of sp³-hybridized carbons (Fsp3) is 0.280. The standard InChI is InChI=1S/C25H22F2N4O3/c1-14-10-18(29-8-3-4-22(29)33)5-6-21(14)30-9-7-20-23(15(2)32)28-31(24(20)25(30)34)19-12-16(26)11-17(27)13-19/h5-6,10-13H,3-4,7-9H2,1-2H3. The van der Waals surface area contributed by atoms with Crippen LogP contribution in [-0.2, 0) is 11.2 Å². The summed E-state index contributed by atoms with van der Waals surface area (Å²) in [4.78, 5) is 41.3. The number of benzene rings is 2. The predicted octanol–water partition coefficient (Wildman–Crippen LogP) is 3.99. The molecule has 0 unspecified atom stereocenters. The normalized spacial score (nSPS) is 15.8. The molecule has 0 atom stereocenters. The van der Waals surface area contributed by atoms with Crippen LogP contribution in [0.2, 0.25) is 0 Å². The number of aryl methyl sites for hydroxylation is 1. The highest BCUT2D eigenvalue weighted by molar-refractivity contribution is 6.10. The summed E-state index contributed by atoms with van der Waals surface area (Å²) < 4.78 is 29.0. The molecule has 1 fully saturated rings. The number of nitrogens with zero attached hydrogens (tertiary/aromatic N) is 4. The van der Waals surface area contributed by atoms with Crippen molar-refractivity contribution in [3.8, 4) is 5.69 Å². The molecule has 9 heteroatoms. The van der Waals surface area contributed by atoms with E-state index in [0.717, 1.165) is 40.6 Å². The second-order valence-electron chi connectivity index (χ2n) is 8.60. The van der Waals surface area contributed by atoms with E-state index >= 15 is 0 Å². The lowest BCUT2D eigenvalue weighted by Gasteiger charge is -2.29. The van der Waals surface area contributed by atoms with E-state index in [1.165, 1.54) is 6.92 Å². The molecule has 3 heterocycles. The Morgan fingerprint density at radius 2 is 1.68 bits per heavy atom. The number of carbonyl (C=O) groups excluding carboxylic acids is 3. The zero-order valence-electron chi connectivity index (χ0n) is 18.8. The van der Waals surface area contributed by atoms with Gasteiger partial charge in [0.15, 0.2) is 5.78 Å². The molecule has 2 aliphatic heterocycles. The summed E-state index contributed by atoms with van der Waals surface area (Å²) >= 11 is 0. The fourth-order valence-electron chi connectivity index (χ4n) is 4.75. The molecule has 34 heavy (non-hydrogen) atoms. The van der Waals surface area contributed by atoms with Gasteiger partial charge >= 0.3 is 0 Å². The van der Waals surface area contributed by atoms with E-state index in [1.54, 1.807) is 15.9 Å². The van der Waals surface area contributed by atoms with Crippen LogP contribution >= 0.6 is 0 Å². The van der Waals surface area contributed by atoms with Gasteiger partial charge in [-0.25, -0.2) is 13.5 Å². The van der Waals surface area contributed by atoms with E-state index in [0.29, 0.717) is 37.2 Å². The van der Waals surface area contributed by atoms with E-state index in [2.05, 4.69) is 5.10 Å². The van der Waals surface area contributed by atoms with Gasteiger partial charge < -0.3 is 9.80 Å². The summed E-state index contributed by atoms with van der Waals surface area (Å²) in [5, 5.41) is 4.26. The van der Waals surface area contributed by atoms with Crippen molar-refractivity contribution in [1.82, 2.24) is 9.78 Å². The summed E-state index contributed by atoms with van der Waals surface area (Å²) in [5.41, 5.74) is 2.98. The van der Waals surface area contributed by atoms with Crippen molar-refractivity contribution in [1.29, 1.82) is 0 Å². The Morgan fingerprint density at radius 1 is 0.941 bits per heavy atom. The molecule has 1 aromatic heterocycles. The summed E-state index contributed by atoms with van der Waals surface area (Å²) in [6.45, 7) is 4.19. The molecule has 5 rings (SSSR count). The molecule has 0 bridgehead atoms. The van der Waals surface area contributed by atoms with E-state index < -0.39 is 17.5 Å². The van der Waals surface area contributed by atoms with Crippen molar-refractivity contribution in [2.75, 3.05) is 22.9 Å². The van der Waals surface area contributed by atoms with Gasteiger partial charge in [0.1, 0.15) is 23.0 Å². The number of ketones is 1. The number of carbonyl (C=O) groups is 3. The molecular formula is C25H22F2N4O3. The number of hydrogen-bond acceptors (Lipinski definition) is 4. The molecule has 3 aromatic rings. The van der Waals surface area contributed by atoms with Crippen LogP contribution < -0.4 is 9.80 Å². The Bertz CT molecular complexity index is 1340. The molecule has 0 spiro atoms. The Kier molecular flexibility index (Phi) is 5.27. The minimum atomic E-state index is -0.813. The first-order valence-corrected chi connectivity index (χ1v) is 11.1. The first kappa shape index (κ1) is 21.9. The van der Waals surface area contributed by atoms with Crippen LogP contribution in [0.3, 0.4) is 0 Å². The van der Waals surface area contributed by atoms with Gasteiger partial charge in [-0.05, 0) is 55.7 Å². The van der Waals surface area contributed by atoms with E-state index in [-0.39, 0.29) is 28.8 Å². The highest BCUT2D eigenvalue weighted by Gasteiger charge is 2.35. The van der Waals surface area contributed by atoms with Crippen molar-refractivity contribution in [3.63, 3.8) is 0 Å². The van der Waals surface area contributed by atoms with Gasteiger partial charge in [-0.2, -0.15) is 5.10 Å². The van der Waals surface area contributed by atoms with Crippen molar-refractivity contribution in [2.24, 2.45) is 0 Å². The fourth-order valence-corrected chi connectivity index (χ4v) is 4.75. The van der Waals surface area contributed by atoms with Gasteiger partial charge in [0.05, 0.1) is 5.69 Å². The largest absolute Gasteiger partial charge is 0.312 e. The quantitative estimate of drug-likeness (QED) is 0.547. The van der Waals surface area contributed by atoms with Gasteiger partial charge in [0.2, 0.25) is 5.91 Å². The van der Waals surface area contributed by atoms with Gasteiger partial charge in [0, 0.05) is 49.4 Å². The van der Waals surface area contributed by atoms with Crippen molar-refractivity contribution >= 4 is 29.0 Å². The van der Waals surface area contributed by atoms with Crippen LogP contribution in [0, 0.1) is 18.6 Å². The van der Waals surface area contributed by atoms with E-state index in [1.807, 2.05) is 19.1 Å². The molecule has 0 N–H and O–H groups in total. The Morgan fingerprint density at radius 3 is 2.29 bits per heavy atom. The number of halogens is 2. The highest BCUT2D eigenvalue weighted by Crippen LogP contribution is 2.33. The maximum absolute atomic E-state index is 13.9. The maximum Gasteiger partial charge on any atom is 0.277 e. The summed E-state index contributed by atoms with van der Waals surface area (Å²) in [7, 11) is 0. The lowest BCUT2D eigenvalue weighted by atomic mass is 10.00. The Hall–Kier alpha value is -3.88. The third-order valence-corrected chi connectivity index (χ3v) is 6.30. The third kappa shape index (κ3) is 3.57. The highest BCUT2D eigenvalue weighted by atomic mass is 19.1. The molecule has 2 aliphatic rings. The van der Waals surface area contributed by atoms with Crippen LogP contribution in [0.5, 0.6) is 0 Å². The predicted molar refractivity (Wildman–Crippen MR) is 122 cm³/mol. The SMILES string of the molecule is CC(=O)c1nn(-c2cc(F)cc(F)c2)c2c1CCN(c1ccc(N3CCCC3=O)cc1C)C2=O. The van der Waals surface area contributed by atoms with Crippen molar-refractivity contribution in [3.05, 3.63) is 70.5 Å². The molecule has 0 aliphatic carbocycles. The van der Waals surface area contributed by atoms with Crippen molar-refractivity contribution in [2.45, 2.75) is 33.1 Å². The summed E-state index contributed by atoms with van der Waals surface area (Å²) in [6, 6.07) is 8.36. The first-order valence-electron chi connectivity index (χ1n) is 11.1. The topological polar surface area (TPSA) is 75.5 Å². The number of aromatic nitrogens is 2. The monoisotopic (exact) mass is 464 g/mol. The van der Waals surface area contributed by atoms with Gasteiger partial charge in [0.25, 0.3) is 5.91 Å². The number of hydrogen-bond donors (Lipinski definition) is 0. The molecule has 2 amide bonds. The van der Waals surface area contributed by atoms with Crippen LogP contribution in [0.25, 0.3) is 5.69 Å². The van der Waals surface area contributed by atoms with Crippen molar-refractivity contribution < 1.29 is 23.2 Å². The lowest BCUT2D eigenvalue weighted by molar-refractivity contribution is -0.117. The minimum Gasteiger partial charge on any atom is -0.312 e. The molecular weight excluding hydrogens is 442 g/mol. The Balaban J connectivity index is 1.57. The number of rotatable bonds is 4. The van der Waals surface area contributed by atoms with Crippen LogP contribution in [0.1, 0.15) is 51.9 Å². The number of Topliss-reactive ketones (excluding diaryl/α,β-unsaturated/α-hetero) is 1. The third-order valence-electron chi connectivity index (χ3n) is 6.30. The second kappa shape index (κ2) is 8.16. The van der Waals surface area contributed by atoms with Crippen LogP contribution in [0.15, 0.2) is 36.4 Å². The molecule has 2 aromatic carbocycles. The lowest BCUT2D eigenvalue weighted by Crippen LogP contribution is -2.39. The van der Waals surface area contributed by atoms with Crippen LogP contribution in [-0.4, -0.2) is 40.5 Å². The first-order chi connectivity index (χ1) is 16.2. The average Bonchev–Trinajstić information content (AvgIpc) is 3.38. The number of fused-ring (bicyclic) bond motifs is 1. The molecule has 0 radical (unpaired) electrons. The molecule has 1 saturated heterocycles. The smallest absolute Gasteiger partial charge is 0.277 e. The van der Waals surface area contributed by atoms with Gasteiger partial charge in [-0.1, -0.05) is 0 Å². The Labute approximate surface area is 194 Å². The summed E-state index contributed by atoms with van der Waals surface area (Å²) in [6.07, 6.45) is 1.70. The van der Waals surface area contributed by atoms with Gasteiger partial charge in [-0.3, -0.25) is 14.4 Å². The van der Waals surface area contributed by atoms with Gasteiger partial charge in [-0.15, -0.1) is 0 Å². The molecule has 0 saturated carbocycles. The average molecular weight is 464 g/mol.